The number of aliphatic imine (C=N–C) groups is 1. The van der Waals surface area contributed by atoms with Crippen molar-refractivity contribution in [1.29, 1.82) is 0 Å². The molecule has 0 saturated carbocycles. The summed E-state index contributed by atoms with van der Waals surface area (Å²) in [6.07, 6.45) is 3.39. The maximum Gasteiger partial charge on any atom is 0.250 e. The van der Waals surface area contributed by atoms with E-state index in [0.29, 0.717) is 17.5 Å². The number of aryl methyl sites for hydroxylation is 2. The highest BCUT2D eigenvalue weighted by molar-refractivity contribution is 8.14. The number of benzene rings is 2. The van der Waals surface area contributed by atoms with Crippen molar-refractivity contribution in [3.8, 4) is 16.9 Å². The van der Waals surface area contributed by atoms with E-state index in [2.05, 4.69) is 48.4 Å². The third kappa shape index (κ3) is 4.54. The summed E-state index contributed by atoms with van der Waals surface area (Å²) in [5, 5.41) is 4.53. The van der Waals surface area contributed by atoms with Crippen LogP contribution < -0.4 is 10.1 Å². The molecule has 0 aliphatic carbocycles. The second-order valence-corrected chi connectivity index (χ2v) is 8.68. The predicted octanol–water partition coefficient (Wildman–Crippen LogP) is 5.74. The molecule has 2 aromatic carbocycles. The van der Waals surface area contributed by atoms with Crippen molar-refractivity contribution in [2.45, 2.75) is 27.7 Å². The maximum atomic E-state index is 12.5. The number of ether oxygens (including phenoxy) is 1. The van der Waals surface area contributed by atoms with E-state index in [4.69, 9.17) is 9.15 Å². The van der Waals surface area contributed by atoms with Crippen molar-refractivity contribution in [1.82, 2.24) is 5.32 Å². The lowest BCUT2D eigenvalue weighted by atomic mass is 9.96. The van der Waals surface area contributed by atoms with Crippen LogP contribution in [0.4, 0.5) is 0 Å². The number of hydrogen-bond donors (Lipinski definition) is 1. The molecule has 0 atom stereocenters. The summed E-state index contributed by atoms with van der Waals surface area (Å²) in [6.45, 7) is 9.33. The van der Waals surface area contributed by atoms with Gasteiger partial charge in [0.25, 0.3) is 0 Å². The lowest BCUT2D eigenvalue weighted by Gasteiger charge is -2.12. The second-order valence-electron chi connectivity index (χ2n) is 7.60. The summed E-state index contributed by atoms with van der Waals surface area (Å²) in [5.41, 5.74) is 7.04. The first-order valence-corrected chi connectivity index (χ1v) is 11.4. The first-order chi connectivity index (χ1) is 15.0. The molecule has 1 aliphatic rings. The Balaban J connectivity index is 1.76. The Morgan fingerprint density at radius 1 is 1.26 bits per heavy atom. The SMILES string of the molecule is CCOc1cc2occ(-c3ccc(C)cc3C)c2cc1/C(C)=C/C(=O)NC1=NCCS1. The molecule has 4 rings (SSSR count). The van der Waals surface area contributed by atoms with Crippen LogP contribution in [0.3, 0.4) is 0 Å². The van der Waals surface area contributed by atoms with Gasteiger partial charge >= 0.3 is 0 Å². The van der Waals surface area contributed by atoms with E-state index >= 15 is 0 Å². The first-order valence-electron chi connectivity index (χ1n) is 10.4. The van der Waals surface area contributed by atoms with Gasteiger partial charge in [-0.05, 0) is 50.5 Å². The zero-order valence-corrected chi connectivity index (χ0v) is 19.1. The molecule has 2 heterocycles. The summed E-state index contributed by atoms with van der Waals surface area (Å²) < 4.78 is 11.8. The minimum atomic E-state index is -0.185. The number of fused-ring (bicyclic) bond motifs is 1. The predicted molar refractivity (Wildman–Crippen MR) is 129 cm³/mol. The number of nitrogens with zero attached hydrogens (tertiary/aromatic N) is 1. The van der Waals surface area contributed by atoms with Crippen molar-refractivity contribution >= 4 is 39.4 Å². The molecule has 6 heteroatoms. The Kier molecular flexibility index (Phi) is 6.18. The lowest BCUT2D eigenvalue weighted by Crippen LogP contribution is -2.25. The number of allylic oxidation sites excluding steroid dienone is 1. The van der Waals surface area contributed by atoms with Crippen LogP contribution in [0, 0.1) is 13.8 Å². The third-order valence-corrected chi connectivity index (χ3v) is 6.13. The maximum absolute atomic E-state index is 12.5. The van der Waals surface area contributed by atoms with E-state index < -0.39 is 0 Å². The molecular formula is C25H26N2O3S. The number of amidine groups is 1. The fourth-order valence-corrected chi connectivity index (χ4v) is 4.52. The van der Waals surface area contributed by atoms with Gasteiger partial charge in [-0.2, -0.15) is 0 Å². The van der Waals surface area contributed by atoms with Crippen LogP contribution in [0.1, 0.15) is 30.5 Å². The number of thioether (sulfide) groups is 1. The van der Waals surface area contributed by atoms with Crippen LogP contribution >= 0.6 is 11.8 Å². The Morgan fingerprint density at radius 2 is 2.10 bits per heavy atom. The van der Waals surface area contributed by atoms with Gasteiger partial charge in [0.1, 0.15) is 11.3 Å². The first kappa shape index (κ1) is 21.2. The van der Waals surface area contributed by atoms with E-state index in [1.165, 1.54) is 11.1 Å². The summed E-state index contributed by atoms with van der Waals surface area (Å²) in [6, 6.07) is 10.4. The molecule has 1 aromatic heterocycles. The number of hydrogen-bond acceptors (Lipinski definition) is 5. The average Bonchev–Trinajstić information content (AvgIpc) is 3.37. The van der Waals surface area contributed by atoms with E-state index in [0.717, 1.165) is 45.5 Å². The van der Waals surface area contributed by atoms with E-state index in [1.807, 2.05) is 19.9 Å². The summed E-state index contributed by atoms with van der Waals surface area (Å²) in [7, 11) is 0. The highest BCUT2D eigenvalue weighted by Crippen LogP contribution is 2.38. The van der Waals surface area contributed by atoms with Crippen molar-refractivity contribution in [2.24, 2.45) is 4.99 Å². The monoisotopic (exact) mass is 434 g/mol. The van der Waals surface area contributed by atoms with Gasteiger partial charge in [0, 0.05) is 34.4 Å². The lowest BCUT2D eigenvalue weighted by molar-refractivity contribution is -0.115. The average molecular weight is 435 g/mol. The quantitative estimate of drug-likeness (QED) is 0.520. The van der Waals surface area contributed by atoms with Crippen LogP contribution in [-0.4, -0.2) is 30.0 Å². The van der Waals surface area contributed by atoms with Crippen molar-refractivity contribution in [3.05, 3.63) is 59.4 Å². The van der Waals surface area contributed by atoms with Crippen molar-refractivity contribution in [3.63, 3.8) is 0 Å². The minimum absolute atomic E-state index is 0.185. The van der Waals surface area contributed by atoms with Gasteiger partial charge in [-0.25, -0.2) is 0 Å². The Hall–Kier alpha value is -2.99. The van der Waals surface area contributed by atoms with Gasteiger partial charge in [-0.3, -0.25) is 9.79 Å². The number of carbonyl (C=O) groups excluding carboxylic acids is 1. The Bertz CT molecular complexity index is 1210. The fourth-order valence-electron chi connectivity index (χ4n) is 3.79. The summed E-state index contributed by atoms with van der Waals surface area (Å²) in [4.78, 5) is 16.8. The molecule has 160 valence electrons. The third-order valence-electron chi connectivity index (χ3n) is 5.24. The van der Waals surface area contributed by atoms with Crippen LogP contribution in [0.25, 0.3) is 27.7 Å². The van der Waals surface area contributed by atoms with Crippen molar-refractivity contribution < 1.29 is 13.9 Å². The normalized spacial score (nSPS) is 14.1. The van der Waals surface area contributed by atoms with Crippen LogP contribution in [-0.2, 0) is 4.79 Å². The fraction of sp³-hybridized carbons (Fsp3) is 0.280. The highest BCUT2D eigenvalue weighted by atomic mass is 32.2. The number of rotatable bonds is 5. The molecule has 0 saturated heterocycles. The van der Waals surface area contributed by atoms with Gasteiger partial charge < -0.3 is 14.5 Å². The second kappa shape index (κ2) is 9.02. The Morgan fingerprint density at radius 3 is 2.81 bits per heavy atom. The molecule has 31 heavy (non-hydrogen) atoms. The molecule has 3 aromatic rings. The van der Waals surface area contributed by atoms with Crippen LogP contribution in [0.15, 0.2) is 52.1 Å². The van der Waals surface area contributed by atoms with E-state index in [-0.39, 0.29) is 5.91 Å². The minimum Gasteiger partial charge on any atom is -0.493 e. The zero-order valence-electron chi connectivity index (χ0n) is 18.2. The molecular weight excluding hydrogens is 408 g/mol. The number of carbonyl (C=O) groups is 1. The number of furan rings is 1. The molecule has 0 unspecified atom stereocenters. The molecule has 1 aliphatic heterocycles. The molecule has 5 nitrogen and oxygen atoms in total. The standard InChI is InChI=1S/C25H26N2O3S/c1-5-29-22-13-23-20(21(14-30-23)18-7-6-15(2)10-16(18)3)12-19(22)17(4)11-24(28)27-25-26-8-9-31-25/h6-7,10-14H,5,8-9H2,1-4H3,(H,26,27,28)/b17-11+. The molecule has 0 spiro atoms. The zero-order chi connectivity index (χ0) is 22.0. The van der Waals surface area contributed by atoms with Crippen LogP contribution in [0.2, 0.25) is 0 Å². The van der Waals surface area contributed by atoms with Gasteiger partial charge in [-0.15, -0.1) is 0 Å². The Labute approximate surface area is 186 Å². The molecule has 0 bridgehead atoms. The van der Waals surface area contributed by atoms with Gasteiger partial charge in [0.15, 0.2) is 5.17 Å². The van der Waals surface area contributed by atoms with Crippen molar-refractivity contribution in [2.75, 3.05) is 18.9 Å². The largest absolute Gasteiger partial charge is 0.493 e. The number of amides is 1. The summed E-state index contributed by atoms with van der Waals surface area (Å²) >= 11 is 1.56. The molecule has 0 fully saturated rings. The van der Waals surface area contributed by atoms with E-state index in [1.54, 1.807) is 24.1 Å². The highest BCUT2D eigenvalue weighted by Gasteiger charge is 2.17. The summed E-state index contributed by atoms with van der Waals surface area (Å²) in [5.74, 6) is 1.42. The van der Waals surface area contributed by atoms with Gasteiger partial charge in [-0.1, -0.05) is 35.5 Å². The topological polar surface area (TPSA) is 63.8 Å². The van der Waals surface area contributed by atoms with Gasteiger partial charge in [0.05, 0.1) is 19.4 Å². The molecule has 1 N–H and O–H groups in total. The smallest absolute Gasteiger partial charge is 0.250 e. The molecule has 0 radical (unpaired) electrons. The molecule has 1 amide bonds. The van der Waals surface area contributed by atoms with E-state index in [9.17, 15) is 4.79 Å². The number of nitrogens with one attached hydrogen (secondary N) is 1. The van der Waals surface area contributed by atoms with Gasteiger partial charge in [0.2, 0.25) is 5.91 Å². The van der Waals surface area contributed by atoms with Crippen LogP contribution in [0.5, 0.6) is 5.75 Å².